The molecular weight excluding hydrogens is 322 g/mol. The van der Waals surface area contributed by atoms with E-state index in [1.807, 2.05) is 24.5 Å². The molecule has 1 N–H and O–H groups in total. The first-order valence-corrected chi connectivity index (χ1v) is 9.02. The number of nitrogens with one attached hydrogen (secondary N) is 1. The summed E-state index contributed by atoms with van der Waals surface area (Å²) in [5.41, 5.74) is 8.46. The summed E-state index contributed by atoms with van der Waals surface area (Å²) >= 11 is 0. The molecule has 0 bridgehead atoms. The van der Waals surface area contributed by atoms with Gasteiger partial charge in [-0.2, -0.15) is 0 Å². The van der Waals surface area contributed by atoms with Crippen LogP contribution < -0.4 is 5.32 Å². The molecular formula is C22H23N3O. The third-order valence-corrected chi connectivity index (χ3v) is 4.94. The van der Waals surface area contributed by atoms with Crippen molar-refractivity contribution in [2.24, 2.45) is 0 Å². The van der Waals surface area contributed by atoms with Gasteiger partial charge in [0, 0.05) is 44.3 Å². The van der Waals surface area contributed by atoms with E-state index in [1.165, 1.54) is 33.4 Å². The maximum Gasteiger partial charge on any atom is 0.224 e. The van der Waals surface area contributed by atoms with Crippen LogP contribution in [0, 0.1) is 0 Å². The van der Waals surface area contributed by atoms with Gasteiger partial charge < -0.3 is 10.2 Å². The molecule has 132 valence electrons. The predicted molar refractivity (Wildman–Crippen MR) is 105 cm³/mol. The van der Waals surface area contributed by atoms with Gasteiger partial charge in [-0.05, 0) is 71.9 Å². The number of carbonyl (C=O) groups is 1. The van der Waals surface area contributed by atoms with Crippen LogP contribution in [0.15, 0.2) is 54.5 Å². The number of pyridine rings is 1. The topological polar surface area (TPSA) is 45.2 Å². The van der Waals surface area contributed by atoms with Crippen LogP contribution in [0.5, 0.6) is 0 Å². The van der Waals surface area contributed by atoms with Crippen molar-refractivity contribution < 1.29 is 4.79 Å². The molecule has 0 fully saturated rings. The van der Waals surface area contributed by atoms with E-state index < -0.39 is 0 Å². The average Bonchev–Trinajstić information content (AvgIpc) is 2.61. The minimum Gasteiger partial charge on any atom is -0.376 e. The number of fused-ring (bicyclic) bond motifs is 1. The molecule has 3 heterocycles. The molecule has 0 saturated carbocycles. The molecule has 4 heteroatoms. The van der Waals surface area contributed by atoms with Crippen LogP contribution in [0.2, 0.25) is 0 Å². The fourth-order valence-corrected chi connectivity index (χ4v) is 3.78. The lowest BCUT2D eigenvalue weighted by Crippen LogP contribution is -2.20. The molecule has 2 aromatic rings. The highest BCUT2D eigenvalue weighted by Gasteiger charge is 2.20. The van der Waals surface area contributed by atoms with Crippen LogP contribution >= 0.6 is 0 Å². The predicted octanol–water partition coefficient (Wildman–Crippen LogP) is 3.79. The molecule has 2 aliphatic rings. The Kier molecular flexibility index (Phi) is 4.33. The Morgan fingerprint density at radius 2 is 2.00 bits per heavy atom. The summed E-state index contributed by atoms with van der Waals surface area (Å²) in [6.45, 7) is 3.13. The van der Waals surface area contributed by atoms with Crippen molar-refractivity contribution in [3.8, 4) is 0 Å². The number of allylic oxidation sites excluding steroid dienone is 2. The van der Waals surface area contributed by atoms with Crippen LogP contribution in [-0.2, 0) is 17.6 Å². The molecule has 1 aromatic heterocycles. The van der Waals surface area contributed by atoms with Crippen molar-refractivity contribution >= 4 is 17.2 Å². The summed E-state index contributed by atoms with van der Waals surface area (Å²) in [5, 5.41) is 3.04. The van der Waals surface area contributed by atoms with Crippen LogP contribution in [0.3, 0.4) is 0 Å². The lowest BCUT2D eigenvalue weighted by Gasteiger charge is -2.25. The Labute approximate surface area is 154 Å². The molecule has 0 radical (unpaired) electrons. The highest BCUT2D eigenvalue weighted by Crippen LogP contribution is 2.33. The minimum absolute atomic E-state index is 0.104. The lowest BCUT2D eigenvalue weighted by molar-refractivity contribution is -0.116. The van der Waals surface area contributed by atoms with Gasteiger partial charge in [0.25, 0.3) is 0 Å². The molecule has 1 aromatic carbocycles. The Morgan fingerprint density at radius 1 is 1.19 bits per heavy atom. The largest absolute Gasteiger partial charge is 0.376 e. The summed E-state index contributed by atoms with van der Waals surface area (Å²) in [5.74, 6) is 0.104. The number of hydrogen-bond acceptors (Lipinski definition) is 3. The Hall–Kier alpha value is -2.88. The fraction of sp³-hybridized carbons (Fsp3) is 0.273. The van der Waals surface area contributed by atoms with Gasteiger partial charge >= 0.3 is 0 Å². The van der Waals surface area contributed by atoms with Crippen molar-refractivity contribution in [1.29, 1.82) is 0 Å². The first-order chi connectivity index (χ1) is 12.6. The van der Waals surface area contributed by atoms with Gasteiger partial charge in [-0.15, -0.1) is 0 Å². The SMILES string of the molecule is CC1=CC(c2cc3c(cc2Cc2ccncc2)NC(=O)CC3)=CN(C)C1. The third kappa shape index (κ3) is 3.40. The summed E-state index contributed by atoms with van der Waals surface area (Å²) in [6.07, 6.45) is 10.3. The summed E-state index contributed by atoms with van der Waals surface area (Å²) < 4.78 is 0. The summed E-state index contributed by atoms with van der Waals surface area (Å²) in [4.78, 5) is 18.2. The number of aromatic nitrogens is 1. The quantitative estimate of drug-likeness (QED) is 0.920. The number of amides is 1. The zero-order valence-corrected chi connectivity index (χ0v) is 15.2. The van der Waals surface area contributed by atoms with Gasteiger partial charge in [0.15, 0.2) is 0 Å². The van der Waals surface area contributed by atoms with E-state index in [0.29, 0.717) is 6.42 Å². The number of rotatable bonds is 3. The van der Waals surface area contributed by atoms with Gasteiger partial charge in [0.05, 0.1) is 0 Å². The normalized spacial score (nSPS) is 16.5. The summed E-state index contributed by atoms with van der Waals surface area (Å²) in [7, 11) is 2.11. The number of carbonyl (C=O) groups excluding carboxylic acids is 1. The Balaban J connectivity index is 1.82. The molecule has 0 saturated heterocycles. The van der Waals surface area contributed by atoms with Crippen molar-refractivity contribution in [2.75, 3.05) is 18.9 Å². The minimum atomic E-state index is 0.104. The Morgan fingerprint density at radius 3 is 2.77 bits per heavy atom. The Bertz CT molecular complexity index is 912. The number of nitrogens with zero attached hydrogens (tertiary/aromatic N) is 2. The van der Waals surface area contributed by atoms with Gasteiger partial charge in [0.1, 0.15) is 0 Å². The number of hydrogen-bond donors (Lipinski definition) is 1. The zero-order valence-electron chi connectivity index (χ0n) is 15.2. The van der Waals surface area contributed by atoms with Crippen LogP contribution in [0.25, 0.3) is 5.57 Å². The standard InChI is InChI=1S/C22H23N3O/c1-15-9-19(14-25(2)13-15)20-11-17-3-4-22(26)24-21(17)12-18(20)10-16-5-7-23-8-6-16/h5-9,11-12,14H,3-4,10,13H2,1-2H3,(H,24,26). The second kappa shape index (κ2) is 6.79. The second-order valence-corrected chi connectivity index (χ2v) is 7.24. The highest BCUT2D eigenvalue weighted by atomic mass is 16.1. The number of aryl methyl sites for hydroxylation is 1. The van der Waals surface area contributed by atoms with Gasteiger partial charge in [-0.25, -0.2) is 0 Å². The first kappa shape index (κ1) is 16.6. The van der Waals surface area contributed by atoms with E-state index in [4.69, 9.17) is 0 Å². The maximum atomic E-state index is 11.8. The average molecular weight is 345 g/mol. The molecule has 4 rings (SSSR count). The maximum absolute atomic E-state index is 11.8. The first-order valence-electron chi connectivity index (χ1n) is 9.02. The van der Waals surface area contributed by atoms with E-state index in [-0.39, 0.29) is 5.91 Å². The number of benzene rings is 1. The number of anilines is 1. The van der Waals surface area contributed by atoms with Gasteiger partial charge in [0.2, 0.25) is 5.91 Å². The zero-order chi connectivity index (χ0) is 18.1. The van der Waals surface area contributed by atoms with E-state index in [2.05, 4.69) is 53.6 Å². The fourth-order valence-electron chi connectivity index (χ4n) is 3.78. The number of likely N-dealkylation sites (N-methyl/N-ethyl adjacent to an activating group) is 1. The van der Waals surface area contributed by atoms with Crippen molar-refractivity contribution in [2.45, 2.75) is 26.2 Å². The van der Waals surface area contributed by atoms with Crippen molar-refractivity contribution in [1.82, 2.24) is 9.88 Å². The van der Waals surface area contributed by atoms with Gasteiger partial charge in [-0.1, -0.05) is 11.6 Å². The van der Waals surface area contributed by atoms with E-state index >= 15 is 0 Å². The monoisotopic (exact) mass is 345 g/mol. The van der Waals surface area contributed by atoms with E-state index in [9.17, 15) is 4.79 Å². The smallest absolute Gasteiger partial charge is 0.224 e. The van der Waals surface area contributed by atoms with Gasteiger partial charge in [-0.3, -0.25) is 9.78 Å². The second-order valence-electron chi connectivity index (χ2n) is 7.24. The van der Waals surface area contributed by atoms with Crippen LogP contribution in [-0.4, -0.2) is 29.4 Å². The highest BCUT2D eigenvalue weighted by molar-refractivity contribution is 5.95. The van der Waals surface area contributed by atoms with Crippen molar-refractivity contribution in [3.63, 3.8) is 0 Å². The third-order valence-electron chi connectivity index (χ3n) is 4.94. The lowest BCUT2D eigenvalue weighted by atomic mass is 9.89. The molecule has 0 unspecified atom stereocenters. The van der Waals surface area contributed by atoms with E-state index in [1.54, 1.807) is 0 Å². The molecule has 4 nitrogen and oxygen atoms in total. The van der Waals surface area contributed by atoms with Crippen LogP contribution in [0.1, 0.15) is 35.6 Å². The molecule has 2 aliphatic heterocycles. The van der Waals surface area contributed by atoms with E-state index in [0.717, 1.165) is 25.1 Å². The molecule has 1 amide bonds. The molecule has 0 atom stereocenters. The molecule has 0 spiro atoms. The molecule has 0 aliphatic carbocycles. The van der Waals surface area contributed by atoms with Crippen LogP contribution in [0.4, 0.5) is 5.69 Å². The summed E-state index contributed by atoms with van der Waals surface area (Å²) in [6, 6.07) is 8.51. The molecule has 26 heavy (non-hydrogen) atoms. The van der Waals surface area contributed by atoms with Crippen molar-refractivity contribution in [3.05, 3.63) is 76.8 Å².